The van der Waals surface area contributed by atoms with Crippen LogP contribution >= 0.6 is 0 Å². The highest BCUT2D eigenvalue weighted by Crippen LogP contribution is 2.12. The van der Waals surface area contributed by atoms with Crippen molar-refractivity contribution in [1.29, 1.82) is 0 Å². The molecule has 0 saturated heterocycles. The Kier molecular flexibility index (Phi) is 6.20. The van der Waals surface area contributed by atoms with Gasteiger partial charge in [-0.25, -0.2) is 9.97 Å². The van der Waals surface area contributed by atoms with Gasteiger partial charge in [0.25, 0.3) is 11.5 Å². The maximum absolute atomic E-state index is 12.2. The van der Waals surface area contributed by atoms with Crippen LogP contribution in [0.5, 0.6) is 0 Å². The number of rotatable bonds is 8. The molecule has 30 heavy (non-hydrogen) atoms. The molecule has 156 valence electrons. The minimum atomic E-state index is -0.896. The summed E-state index contributed by atoms with van der Waals surface area (Å²) in [6.07, 6.45) is 1.86. The van der Waals surface area contributed by atoms with Crippen molar-refractivity contribution < 1.29 is 14.7 Å². The normalized spacial score (nSPS) is 11.8. The fourth-order valence-electron chi connectivity index (χ4n) is 2.71. The van der Waals surface area contributed by atoms with Gasteiger partial charge in [-0.3, -0.25) is 19.4 Å². The summed E-state index contributed by atoms with van der Waals surface area (Å²) in [5.74, 6) is -1.19. The third-order valence-corrected chi connectivity index (χ3v) is 4.28. The molecule has 0 unspecified atom stereocenters. The lowest BCUT2D eigenvalue weighted by atomic mass is 10.1. The van der Waals surface area contributed by atoms with Gasteiger partial charge in [-0.15, -0.1) is 0 Å². The summed E-state index contributed by atoms with van der Waals surface area (Å²) in [5.41, 5.74) is 7.05. The van der Waals surface area contributed by atoms with Crippen molar-refractivity contribution in [2.24, 2.45) is 0 Å². The summed E-state index contributed by atoms with van der Waals surface area (Å²) in [6, 6.07) is 6.54. The van der Waals surface area contributed by atoms with Crippen molar-refractivity contribution in [3.63, 3.8) is 0 Å². The van der Waals surface area contributed by atoms with Crippen LogP contribution in [0.4, 0.5) is 11.6 Å². The minimum Gasteiger partial charge on any atom is -0.481 e. The molecular formula is C19H21N7O4. The van der Waals surface area contributed by atoms with Crippen LogP contribution in [0.2, 0.25) is 0 Å². The van der Waals surface area contributed by atoms with E-state index in [-0.39, 0.29) is 35.5 Å². The van der Waals surface area contributed by atoms with E-state index in [1.165, 1.54) is 6.20 Å². The maximum Gasteiger partial charge on any atom is 0.303 e. The Morgan fingerprint density at radius 2 is 1.97 bits per heavy atom. The summed E-state index contributed by atoms with van der Waals surface area (Å²) >= 11 is 0. The van der Waals surface area contributed by atoms with Crippen molar-refractivity contribution in [2.75, 3.05) is 11.1 Å². The Labute approximate surface area is 170 Å². The highest BCUT2D eigenvalue weighted by atomic mass is 16.4. The van der Waals surface area contributed by atoms with E-state index < -0.39 is 11.5 Å². The molecule has 1 amide bonds. The van der Waals surface area contributed by atoms with Crippen LogP contribution in [-0.2, 0) is 11.3 Å². The lowest BCUT2D eigenvalue weighted by Crippen LogP contribution is -2.32. The number of carbonyl (C=O) groups excluding carboxylic acids is 1. The number of carboxylic acids is 1. The van der Waals surface area contributed by atoms with E-state index in [1.54, 1.807) is 31.2 Å². The highest BCUT2D eigenvalue weighted by Gasteiger charge is 2.11. The zero-order valence-electron chi connectivity index (χ0n) is 16.2. The first-order chi connectivity index (χ1) is 14.3. The molecule has 0 aliphatic carbocycles. The predicted molar refractivity (Wildman–Crippen MR) is 110 cm³/mol. The van der Waals surface area contributed by atoms with Gasteiger partial charge in [0.1, 0.15) is 0 Å². The first kappa shape index (κ1) is 20.7. The van der Waals surface area contributed by atoms with E-state index >= 15 is 0 Å². The van der Waals surface area contributed by atoms with Crippen LogP contribution in [0.25, 0.3) is 11.2 Å². The van der Waals surface area contributed by atoms with Gasteiger partial charge in [0.05, 0.1) is 18.4 Å². The number of fused-ring (bicyclic) bond motifs is 1. The van der Waals surface area contributed by atoms with Crippen molar-refractivity contribution >= 4 is 34.7 Å². The fraction of sp³-hybridized carbons (Fsp3) is 0.263. The topological polar surface area (TPSA) is 176 Å². The number of nitrogen functional groups attached to an aromatic ring is 1. The largest absolute Gasteiger partial charge is 0.481 e. The molecule has 0 bridgehead atoms. The number of carbonyl (C=O) groups is 2. The zero-order chi connectivity index (χ0) is 21.7. The molecule has 0 aliphatic heterocycles. The lowest BCUT2D eigenvalue weighted by Gasteiger charge is -2.13. The van der Waals surface area contributed by atoms with E-state index in [0.717, 1.165) is 5.69 Å². The molecule has 0 aliphatic rings. The molecule has 1 aromatic carbocycles. The Balaban J connectivity index is 1.59. The molecule has 3 rings (SSSR count). The minimum absolute atomic E-state index is 0.00269. The van der Waals surface area contributed by atoms with Crippen LogP contribution in [-0.4, -0.2) is 43.0 Å². The van der Waals surface area contributed by atoms with Gasteiger partial charge >= 0.3 is 5.97 Å². The second-order valence-electron chi connectivity index (χ2n) is 6.72. The second kappa shape index (κ2) is 8.99. The average molecular weight is 411 g/mol. The highest BCUT2D eigenvalue weighted by molar-refractivity contribution is 5.94. The quantitative estimate of drug-likeness (QED) is 0.360. The summed E-state index contributed by atoms with van der Waals surface area (Å²) in [5, 5.41) is 14.6. The van der Waals surface area contributed by atoms with Crippen molar-refractivity contribution in [3.8, 4) is 0 Å². The monoisotopic (exact) mass is 411 g/mol. The SMILES string of the molecule is C[C@H](CCC(=O)O)NC(=O)c1ccc(NCc2cnc3nc(N)[nH]c(=O)c3n2)cc1. The molecule has 0 fully saturated rings. The first-order valence-electron chi connectivity index (χ1n) is 9.20. The van der Waals surface area contributed by atoms with Gasteiger partial charge in [0.2, 0.25) is 5.95 Å². The maximum atomic E-state index is 12.2. The van der Waals surface area contributed by atoms with Crippen LogP contribution in [0.3, 0.4) is 0 Å². The first-order valence-corrected chi connectivity index (χ1v) is 9.20. The number of amides is 1. The van der Waals surface area contributed by atoms with Gasteiger partial charge in [-0.05, 0) is 37.6 Å². The Hall–Kier alpha value is -4.02. The molecule has 1 atom stereocenters. The third kappa shape index (κ3) is 5.28. The van der Waals surface area contributed by atoms with Gasteiger partial charge in [0.15, 0.2) is 11.2 Å². The molecule has 2 aromatic heterocycles. The molecule has 11 heteroatoms. The predicted octanol–water partition coefficient (Wildman–Crippen LogP) is 0.891. The number of aliphatic carboxylic acids is 1. The molecule has 0 radical (unpaired) electrons. The van der Waals surface area contributed by atoms with E-state index in [1.807, 2.05) is 0 Å². The Bertz CT molecular complexity index is 1130. The summed E-state index contributed by atoms with van der Waals surface area (Å²) in [4.78, 5) is 49.4. The molecule has 11 nitrogen and oxygen atoms in total. The summed E-state index contributed by atoms with van der Waals surface area (Å²) < 4.78 is 0. The molecule has 3 aromatic rings. The number of nitrogens with zero attached hydrogens (tertiary/aromatic N) is 3. The number of hydrogen-bond acceptors (Lipinski definition) is 8. The summed E-state index contributed by atoms with van der Waals surface area (Å²) in [6.45, 7) is 2.07. The van der Waals surface area contributed by atoms with Crippen molar-refractivity contribution in [1.82, 2.24) is 25.3 Å². The summed E-state index contributed by atoms with van der Waals surface area (Å²) in [7, 11) is 0. The Morgan fingerprint density at radius 3 is 2.67 bits per heavy atom. The van der Waals surface area contributed by atoms with Crippen molar-refractivity contribution in [3.05, 3.63) is 52.1 Å². The number of nitrogens with one attached hydrogen (secondary N) is 3. The molecule has 0 saturated carbocycles. The van der Waals surface area contributed by atoms with Gasteiger partial charge in [0, 0.05) is 23.7 Å². The molecule has 2 heterocycles. The number of anilines is 2. The Morgan fingerprint density at radius 1 is 1.23 bits per heavy atom. The smallest absolute Gasteiger partial charge is 0.303 e. The van der Waals surface area contributed by atoms with Crippen LogP contribution < -0.4 is 21.9 Å². The second-order valence-corrected chi connectivity index (χ2v) is 6.72. The number of H-pyrrole nitrogens is 1. The molecule has 0 spiro atoms. The number of benzene rings is 1. The van der Waals surface area contributed by atoms with E-state index in [9.17, 15) is 14.4 Å². The average Bonchev–Trinajstić information content (AvgIpc) is 2.71. The number of aromatic amines is 1. The fourth-order valence-corrected chi connectivity index (χ4v) is 2.71. The van der Waals surface area contributed by atoms with E-state index in [4.69, 9.17) is 10.8 Å². The zero-order valence-corrected chi connectivity index (χ0v) is 16.2. The van der Waals surface area contributed by atoms with Gasteiger partial charge in [-0.1, -0.05) is 0 Å². The van der Waals surface area contributed by atoms with E-state index in [2.05, 4.69) is 30.6 Å². The van der Waals surface area contributed by atoms with Crippen LogP contribution in [0, 0.1) is 0 Å². The van der Waals surface area contributed by atoms with Crippen LogP contribution in [0.1, 0.15) is 35.8 Å². The van der Waals surface area contributed by atoms with E-state index in [0.29, 0.717) is 24.2 Å². The third-order valence-electron chi connectivity index (χ3n) is 4.28. The van der Waals surface area contributed by atoms with Gasteiger partial charge in [-0.2, -0.15) is 4.98 Å². The lowest BCUT2D eigenvalue weighted by molar-refractivity contribution is -0.137. The van der Waals surface area contributed by atoms with Crippen molar-refractivity contribution in [2.45, 2.75) is 32.4 Å². The molecule has 6 N–H and O–H groups in total. The van der Waals surface area contributed by atoms with Crippen LogP contribution in [0.15, 0.2) is 35.3 Å². The number of nitrogens with two attached hydrogens (primary N) is 1. The van der Waals surface area contributed by atoms with Gasteiger partial charge < -0.3 is 21.5 Å². The molecular weight excluding hydrogens is 390 g/mol. The number of carboxylic acid groups (broad SMARTS) is 1. The standard InChI is InChI=1S/C19H21N7O4/c1-10(2-7-14(27)28)23-17(29)11-3-5-12(6-4-11)21-8-13-9-22-16-15(24-13)18(30)26-19(20)25-16/h3-6,9-10,21H,2,7-8H2,1H3,(H,23,29)(H,27,28)(H3,20,22,25,26,30)/t10-/m1/s1. The number of hydrogen-bond donors (Lipinski definition) is 5. The number of aromatic nitrogens is 4.